The predicted molar refractivity (Wildman–Crippen MR) is 179 cm³/mol. The van der Waals surface area contributed by atoms with Gasteiger partial charge in [-0.25, -0.2) is 8.42 Å². The van der Waals surface area contributed by atoms with E-state index < -0.39 is 28.5 Å². The first-order valence-electron chi connectivity index (χ1n) is 15.1. The summed E-state index contributed by atoms with van der Waals surface area (Å²) < 4.78 is 40.0. The number of anilines is 1. The number of rotatable bonds is 15. The van der Waals surface area contributed by atoms with E-state index in [1.54, 1.807) is 61.7 Å². The largest absolute Gasteiger partial charge is 0.497 e. The van der Waals surface area contributed by atoms with Crippen LogP contribution in [0.5, 0.6) is 11.5 Å². The second-order valence-electron chi connectivity index (χ2n) is 10.9. The van der Waals surface area contributed by atoms with Gasteiger partial charge in [-0.3, -0.25) is 13.9 Å². The predicted octanol–water partition coefficient (Wildman–Crippen LogP) is 5.45. The van der Waals surface area contributed by atoms with Crippen molar-refractivity contribution in [2.75, 3.05) is 25.1 Å². The number of benzene rings is 4. The van der Waals surface area contributed by atoms with Crippen LogP contribution in [0.25, 0.3) is 0 Å². The highest BCUT2D eigenvalue weighted by molar-refractivity contribution is 7.92. The molecule has 10 heteroatoms. The molecule has 1 N–H and O–H groups in total. The Morgan fingerprint density at radius 2 is 1.39 bits per heavy atom. The van der Waals surface area contributed by atoms with Crippen LogP contribution in [0.4, 0.5) is 5.69 Å². The van der Waals surface area contributed by atoms with E-state index in [-0.39, 0.29) is 29.8 Å². The number of para-hydroxylation sites is 1. The minimum absolute atomic E-state index is 0.000326. The third-order valence-corrected chi connectivity index (χ3v) is 9.52. The lowest BCUT2D eigenvalue weighted by Gasteiger charge is -2.34. The standard InChI is InChI=1S/C36H41N3O6S/c1-5-27(2)37-36(41)34(24-28-13-8-6-9-14-28)38(25-29-15-12-18-32(23-29)45-4)35(40)26-39(30-16-10-7-11-17-30)46(42,43)33-21-19-31(44-3)20-22-33/h6-23,27,34H,5,24-26H2,1-4H3,(H,37,41). The summed E-state index contributed by atoms with van der Waals surface area (Å²) in [6, 6.07) is 30.1. The van der Waals surface area contributed by atoms with Crippen LogP contribution < -0.4 is 19.1 Å². The average Bonchev–Trinajstić information content (AvgIpc) is 3.09. The number of hydrogen-bond acceptors (Lipinski definition) is 6. The van der Waals surface area contributed by atoms with Crippen molar-refractivity contribution < 1.29 is 27.5 Å². The van der Waals surface area contributed by atoms with E-state index in [9.17, 15) is 18.0 Å². The van der Waals surface area contributed by atoms with Crippen LogP contribution in [0.2, 0.25) is 0 Å². The van der Waals surface area contributed by atoms with E-state index in [1.807, 2.05) is 56.3 Å². The van der Waals surface area contributed by atoms with Gasteiger partial charge in [0.15, 0.2) is 0 Å². The molecule has 2 unspecified atom stereocenters. The summed E-state index contributed by atoms with van der Waals surface area (Å²) in [4.78, 5) is 30.0. The normalized spacial score (nSPS) is 12.4. The molecule has 4 aromatic carbocycles. The van der Waals surface area contributed by atoms with E-state index >= 15 is 0 Å². The van der Waals surface area contributed by atoms with Gasteiger partial charge in [-0.15, -0.1) is 0 Å². The molecule has 9 nitrogen and oxygen atoms in total. The third-order valence-electron chi connectivity index (χ3n) is 7.73. The van der Waals surface area contributed by atoms with Crippen LogP contribution in [0, 0.1) is 0 Å². The molecule has 0 spiro atoms. The molecule has 0 fully saturated rings. The van der Waals surface area contributed by atoms with Crippen LogP contribution in [0.3, 0.4) is 0 Å². The van der Waals surface area contributed by atoms with Gasteiger partial charge in [0, 0.05) is 19.0 Å². The fraction of sp³-hybridized carbons (Fsp3) is 0.278. The molecule has 0 aliphatic rings. The van der Waals surface area contributed by atoms with Crippen LogP contribution in [-0.2, 0) is 32.6 Å². The molecule has 0 radical (unpaired) electrons. The van der Waals surface area contributed by atoms with Crippen LogP contribution in [-0.4, -0.2) is 58.0 Å². The molecule has 0 saturated heterocycles. The lowest BCUT2D eigenvalue weighted by Crippen LogP contribution is -2.54. The first kappa shape index (κ1) is 34.1. The summed E-state index contributed by atoms with van der Waals surface area (Å²) in [6.07, 6.45) is 0.935. The molecule has 0 aliphatic heterocycles. The molecule has 0 bridgehead atoms. The molecule has 4 aromatic rings. The molecule has 242 valence electrons. The van der Waals surface area contributed by atoms with Gasteiger partial charge in [-0.2, -0.15) is 0 Å². The zero-order chi connectivity index (χ0) is 33.1. The van der Waals surface area contributed by atoms with Crippen molar-refractivity contribution in [1.29, 1.82) is 0 Å². The van der Waals surface area contributed by atoms with Crippen molar-refractivity contribution in [3.63, 3.8) is 0 Å². The Labute approximate surface area is 271 Å². The summed E-state index contributed by atoms with van der Waals surface area (Å²) in [6.45, 7) is 3.39. The number of sulfonamides is 1. The van der Waals surface area contributed by atoms with Crippen LogP contribution in [0.15, 0.2) is 114 Å². The van der Waals surface area contributed by atoms with E-state index in [0.29, 0.717) is 23.6 Å². The first-order chi connectivity index (χ1) is 22.2. The smallest absolute Gasteiger partial charge is 0.264 e. The van der Waals surface area contributed by atoms with Crippen molar-refractivity contribution in [3.8, 4) is 11.5 Å². The molecule has 0 heterocycles. The molecule has 2 atom stereocenters. The summed E-state index contributed by atoms with van der Waals surface area (Å²) in [5, 5.41) is 3.04. The number of methoxy groups -OCH3 is 2. The molecular formula is C36H41N3O6S. The Morgan fingerprint density at radius 1 is 0.783 bits per heavy atom. The number of amides is 2. The van der Waals surface area contributed by atoms with Crippen molar-refractivity contribution >= 4 is 27.5 Å². The van der Waals surface area contributed by atoms with Crippen molar-refractivity contribution in [2.45, 2.75) is 50.2 Å². The fourth-order valence-corrected chi connectivity index (χ4v) is 6.37. The topological polar surface area (TPSA) is 105 Å². The molecule has 2 amide bonds. The van der Waals surface area contributed by atoms with Gasteiger partial charge in [-0.1, -0.05) is 67.6 Å². The summed E-state index contributed by atoms with van der Waals surface area (Å²) in [5.41, 5.74) is 1.91. The van der Waals surface area contributed by atoms with Crippen LogP contribution in [0.1, 0.15) is 31.4 Å². The molecular weight excluding hydrogens is 602 g/mol. The highest BCUT2D eigenvalue weighted by Gasteiger charge is 2.35. The molecule has 0 aromatic heterocycles. The zero-order valence-corrected chi connectivity index (χ0v) is 27.4. The average molecular weight is 644 g/mol. The highest BCUT2D eigenvalue weighted by atomic mass is 32.2. The minimum atomic E-state index is -4.21. The zero-order valence-electron chi connectivity index (χ0n) is 26.6. The van der Waals surface area contributed by atoms with Gasteiger partial charge in [0.1, 0.15) is 24.1 Å². The van der Waals surface area contributed by atoms with E-state index in [4.69, 9.17) is 9.47 Å². The lowest BCUT2D eigenvalue weighted by molar-refractivity contribution is -0.140. The quantitative estimate of drug-likeness (QED) is 0.185. The second-order valence-corrected chi connectivity index (χ2v) is 12.8. The highest BCUT2D eigenvalue weighted by Crippen LogP contribution is 2.26. The maximum absolute atomic E-state index is 14.5. The lowest BCUT2D eigenvalue weighted by atomic mass is 10.0. The number of nitrogens with one attached hydrogen (secondary N) is 1. The summed E-state index contributed by atoms with van der Waals surface area (Å²) in [7, 11) is -1.15. The molecule has 46 heavy (non-hydrogen) atoms. The molecule has 0 saturated carbocycles. The van der Waals surface area contributed by atoms with Crippen LogP contribution >= 0.6 is 0 Å². The van der Waals surface area contributed by atoms with Crippen molar-refractivity contribution in [1.82, 2.24) is 10.2 Å². The maximum Gasteiger partial charge on any atom is 0.264 e. The Kier molecular flexibility index (Phi) is 11.8. The number of ether oxygens (including phenoxy) is 2. The second kappa shape index (κ2) is 15.9. The van der Waals surface area contributed by atoms with Gasteiger partial charge in [0.2, 0.25) is 11.8 Å². The number of nitrogens with zero attached hydrogens (tertiary/aromatic N) is 2. The van der Waals surface area contributed by atoms with Gasteiger partial charge in [0.25, 0.3) is 10.0 Å². The monoisotopic (exact) mass is 643 g/mol. The van der Waals surface area contributed by atoms with Crippen molar-refractivity contribution in [2.24, 2.45) is 0 Å². The molecule has 0 aliphatic carbocycles. The molecule has 4 rings (SSSR count). The fourth-order valence-electron chi connectivity index (χ4n) is 4.96. The van der Waals surface area contributed by atoms with Gasteiger partial charge < -0.3 is 19.7 Å². The number of carbonyl (C=O) groups is 2. The van der Waals surface area contributed by atoms with Gasteiger partial charge in [0.05, 0.1) is 24.8 Å². The Balaban J connectivity index is 1.80. The third kappa shape index (κ3) is 8.66. The number of carbonyl (C=O) groups excluding carboxylic acids is 2. The Hall–Kier alpha value is -4.83. The SMILES string of the molecule is CCC(C)NC(=O)C(Cc1ccccc1)N(Cc1cccc(OC)c1)C(=O)CN(c1ccccc1)S(=O)(=O)c1ccc(OC)cc1. The van der Waals surface area contributed by atoms with E-state index in [0.717, 1.165) is 15.4 Å². The first-order valence-corrected chi connectivity index (χ1v) is 16.6. The Morgan fingerprint density at radius 3 is 2.00 bits per heavy atom. The Bertz CT molecular complexity index is 1680. The minimum Gasteiger partial charge on any atom is -0.497 e. The van der Waals surface area contributed by atoms with Gasteiger partial charge in [-0.05, 0) is 73.0 Å². The number of hydrogen-bond donors (Lipinski definition) is 1. The van der Waals surface area contributed by atoms with E-state index in [2.05, 4.69) is 5.32 Å². The van der Waals surface area contributed by atoms with E-state index in [1.165, 1.54) is 24.1 Å². The maximum atomic E-state index is 14.5. The van der Waals surface area contributed by atoms with Gasteiger partial charge >= 0.3 is 0 Å². The summed E-state index contributed by atoms with van der Waals surface area (Å²) >= 11 is 0. The summed E-state index contributed by atoms with van der Waals surface area (Å²) in [5.74, 6) is 0.242. The van der Waals surface area contributed by atoms with Crippen molar-refractivity contribution in [3.05, 3.63) is 120 Å².